The predicted octanol–water partition coefficient (Wildman–Crippen LogP) is 5.97. The summed E-state index contributed by atoms with van der Waals surface area (Å²) in [5, 5.41) is 0. The molecule has 114 valence electrons. The van der Waals surface area contributed by atoms with Crippen LogP contribution in [0.1, 0.15) is 93.4 Å². The molecule has 1 rings (SSSR count). The fourth-order valence-corrected chi connectivity index (χ4v) is 3.85. The Labute approximate surface area is 121 Å². The maximum absolute atomic E-state index is 6.06. The SMILES string of the molecule is CCCC(C)(C)CCC1OC1(C)CC(C)(C)CCC. The van der Waals surface area contributed by atoms with Crippen LogP contribution >= 0.6 is 0 Å². The summed E-state index contributed by atoms with van der Waals surface area (Å²) in [6.07, 6.45) is 9.47. The van der Waals surface area contributed by atoms with Crippen molar-refractivity contribution in [2.45, 2.75) is 105 Å². The zero-order valence-corrected chi connectivity index (χ0v) is 14.4. The molecule has 0 bridgehead atoms. The third-order valence-electron chi connectivity index (χ3n) is 4.80. The number of hydrogen-bond donors (Lipinski definition) is 0. The van der Waals surface area contributed by atoms with Gasteiger partial charge in [-0.25, -0.2) is 0 Å². The summed E-state index contributed by atoms with van der Waals surface area (Å²) in [7, 11) is 0. The lowest BCUT2D eigenvalue weighted by molar-refractivity contribution is 0.200. The van der Waals surface area contributed by atoms with E-state index in [1.54, 1.807) is 0 Å². The van der Waals surface area contributed by atoms with Gasteiger partial charge in [-0.05, 0) is 49.9 Å². The summed E-state index contributed by atoms with van der Waals surface area (Å²) >= 11 is 0. The molecule has 1 saturated heterocycles. The van der Waals surface area contributed by atoms with E-state index in [-0.39, 0.29) is 5.60 Å². The van der Waals surface area contributed by atoms with Gasteiger partial charge < -0.3 is 4.74 Å². The van der Waals surface area contributed by atoms with Gasteiger partial charge in [-0.2, -0.15) is 0 Å². The zero-order valence-electron chi connectivity index (χ0n) is 14.4. The molecule has 0 amide bonds. The van der Waals surface area contributed by atoms with Gasteiger partial charge in [0.05, 0.1) is 11.7 Å². The molecule has 1 heterocycles. The molecule has 0 aromatic heterocycles. The van der Waals surface area contributed by atoms with Crippen LogP contribution in [-0.2, 0) is 4.74 Å². The van der Waals surface area contributed by atoms with Crippen LogP contribution in [0, 0.1) is 10.8 Å². The van der Waals surface area contributed by atoms with Crippen LogP contribution in [0.2, 0.25) is 0 Å². The lowest BCUT2D eigenvalue weighted by atomic mass is 9.77. The van der Waals surface area contributed by atoms with E-state index in [0.717, 1.165) is 0 Å². The van der Waals surface area contributed by atoms with Crippen LogP contribution in [0.4, 0.5) is 0 Å². The first-order chi connectivity index (χ1) is 8.64. The topological polar surface area (TPSA) is 12.5 Å². The molecule has 2 unspecified atom stereocenters. The van der Waals surface area contributed by atoms with Crippen molar-refractivity contribution in [1.82, 2.24) is 0 Å². The molecule has 0 spiro atoms. The van der Waals surface area contributed by atoms with E-state index < -0.39 is 0 Å². The zero-order chi connectivity index (χ0) is 14.7. The Morgan fingerprint density at radius 1 is 0.895 bits per heavy atom. The summed E-state index contributed by atoms with van der Waals surface area (Å²) < 4.78 is 6.06. The predicted molar refractivity (Wildman–Crippen MR) is 84.5 cm³/mol. The molecule has 0 saturated carbocycles. The van der Waals surface area contributed by atoms with Crippen molar-refractivity contribution in [3.63, 3.8) is 0 Å². The minimum absolute atomic E-state index is 0.168. The number of hydrogen-bond acceptors (Lipinski definition) is 1. The molecule has 19 heavy (non-hydrogen) atoms. The summed E-state index contributed by atoms with van der Waals surface area (Å²) in [5.74, 6) is 0. The Balaban J connectivity index is 2.37. The van der Waals surface area contributed by atoms with Crippen molar-refractivity contribution in [3.8, 4) is 0 Å². The normalized spacial score (nSPS) is 27.6. The van der Waals surface area contributed by atoms with E-state index >= 15 is 0 Å². The maximum atomic E-state index is 6.06. The van der Waals surface area contributed by atoms with E-state index in [9.17, 15) is 0 Å². The van der Waals surface area contributed by atoms with E-state index in [1.807, 2.05) is 0 Å². The lowest BCUT2D eigenvalue weighted by Gasteiger charge is -2.27. The van der Waals surface area contributed by atoms with Crippen molar-refractivity contribution < 1.29 is 4.74 Å². The van der Waals surface area contributed by atoms with Gasteiger partial charge in [-0.3, -0.25) is 0 Å². The van der Waals surface area contributed by atoms with Gasteiger partial charge in [-0.1, -0.05) is 54.4 Å². The molecule has 1 heteroatoms. The first-order valence-electron chi connectivity index (χ1n) is 8.32. The molecule has 0 N–H and O–H groups in total. The first-order valence-corrected chi connectivity index (χ1v) is 8.32. The summed E-state index contributed by atoms with van der Waals surface area (Å²) in [5.41, 5.74) is 1.08. The number of ether oxygens (including phenoxy) is 1. The summed E-state index contributed by atoms with van der Waals surface area (Å²) in [4.78, 5) is 0. The minimum Gasteiger partial charge on any atom is -0.366 e. The highest BCUT2D eigenvalue weighted by Crippen LogP contribution is 2.49. The Kier molecular flexibility index (Phi) is 5.52. The summed E-state index contributed by atoms with van der Waals surface area (Å²) in [6, 6.07) is 0. The van der Waals surface area contributed by atoms with Crippen molar-refractivity contribution in [3.05, 3.63) is 0 Å². The molecule has 1 aliphatic rings. The third kappa shape index (κ3) is 5.45. The van der Waals surface area contributed by atoms with E-state index in [1.165, 1.54) is 44.9 Å². The second-order valence-corrected chi connectivity index (χ2v) is 8.46. The van der Waals surface area contributed by atoms with Gasteiger partial charge in [0.2, 0.25) is 0 Å². The molecule has 2 atom stereocenters. The average molecular weight is 268 g/mol. The van der Waals surface area contributed by atoms with Crippen LogP contribution in [-0.4, -0.2) is 11.7 Å². The van der Waals surface area contributed by atoms with Crippen molar-refractivity contribution in [1.29, 1.82) is 0 Å². The highest BCUT2D eigenvalue weighted by molar-refractivity contribution is 5.02. The molecule has 1 nitrogen and oxygen atoms in total. The monoisotopic (exact) mass is 268 g/mol. The standard InChI is InChI=1S/C18H36O/c1-8-11-16(3,4)13-10-15-18(7,19-15)14-17(5,6)12-9-2/h15H,8-14H2,1-7H3. The highest BCUT2D eigenvalue weighted by atomic mass is 16.6. The number of epoxide rings is 1. The smallest absolute Gasteiger partial charge is 0.0925 e. The Morgan fingerprint density at radius 2 is 1.42 bits per heavy atom. The maximum Gasteiger partial charge on any atom is 0.0925 e. The second kappa shape index (κ2) is 6.16. The molecule has 0 aliphatic carbocycles. The van der Waals surface area contributed by atoms with Crippen LogP contribution < -0.4 is 0 Å². The first kappa shape index (κ1) is 17.0. The quantitative estimate of drug-likeness (QED) is 0.469. The Morgan fingerprint density at radius 3 is 1.95 bits per heavy atom. The Hall–Kier alpha value is -0.0400. The van der Waals surface area contributed by atoms with E-state index in [2.05, 4.69) is 48.5 Å². The highest BCUT2D eigenvalue weighted by Gasteiger charge is 2.53. The molecular formula is C18H36O. The van der Waals surface area contributed by atoms with Crippen LogP contribution in [0.5, 0.6) is 0 Å². The van der Waals surface area contributed by atoms with E-state index in [4.69, 9.17) is 4.74 Å². The largest absolute Gasteiger partial charge is 0.366 e. The molecule has 1 fully saturated rings. The fourth-order valence-electron chi connectivity index (χ4n) is 3.85. The molecular weight excluding hydrogens is 232 g/mol. The van der Waals surface area contributed by atoms with Crippen molar-refractivity contribution in [2.24, 2.45) is 10.8 Å². The molecule has 0 aromatic carbocycles. The number of rotatable bonds is 9. The second-order valence-electron chi connectivity index (χ2n) is 8.46. The van der Waals surface area contributed by atoms with Crippen LogP contribution in [0.25, 0.3) is 0 Å². The molecule has 1 aliphatic heterocycles. The van der Waals surface area contributed by atoms with Gasteiger partial charge in [0, 0.05) is 0 Å². The van der Waals surface area contributed by atoms with E-state index in [0.29, 0.717) is 16.9 Å². The van der Waals surface area contributed by atoms with Crippen molar-refractivity contribution in [2.75, 3.05) is 0 Å². The minimum atomic E-state index is 0.168. The van der Waals surface area contributed by atoms with Crippen LogP contribution in [0.3, 0.4) is 0 Å². The molecule has 0 radical (unpaired) electrons. The molecule has 0 aromatic rings. The van der Waals surface area contributed by atoms with Crippen LogP contribution in [0.15, 0.2) is 0 Å². The van der Waals surface area contributed by atoms with Crippen molar-refractivity contribution >= 4 is 0 Å². The van der Waals surface area contributed by atoms with Gasteiger partial charge in [0.1, 0.15) is 0 Å². The van der Waals surface area contributed by atoms with Gasteiger partial charge in [0.15, 0.2) is 0 Å². The third-order valence-corrected chi connectivity index (χ3v) is 4.80. The summed E-state index contributed by atoms with van der Waals surface area (Å²) in [6.45, 7) is 16.5. The van der Waals surface area contributed by atoms with Gasteiger partial charge >= 0.3 is 0 Å². The Bertz CT molecular complexity index is 279. The van der Waals surface area contributed by atoms with Gasteiger partial charge in [-0.15, -0.1) is 0 Å². The lowest BCUT2D eigenvalue weighted by Crippen LogP contribution is -2.23. The average Bonchev–Trinajstić information content (AvgIpc) is 2.84. The fraction of sp³-hybridized carbons (Fsp3) is 1.00. The van der Waals surface area contributed by atoms with Gasteiger partial charge in [0.25, 0.3) is 0 Å².